The Balaban J connectivity index is 2.61. The van der Waals surface area contributed by atoms with E-state index in [1.807, 2.05) is 0 Å². The number of rotatable bonds is 8. The van der Waals surface area contributed by atoms with Gasteiger partial charge in [-0.1, -0.05) is 57.0 Å². The topological polar surface area (TPSA) is 0 Å². The molecule has 0 heterocycles. The number of quaternary nitrogens is 1. The first-order valence-electron chi connectivity index (χ1n) is 7.07. The van der Waals surface area contributed by atoms with Gasteiger partial charge in [-0.05, 0) is 12.8 Å². The SMILES string of the molecule is CCCC[N+](C)(CCCC)Cc1ccccc1. The molecule has 1 aromatic rings. The van der Waals surface area contributed by atoms with Crippen LogP contribution in [0.4, 0.5) is 0 Å². The van der Waals surface area contributed by atoms with Gasteiger partial charge in [-0.15, -0.1) is 0 Å². The van der Waals surface area contributed by atoms with Crippen LogP contribution in [0, 0.1) is 0 Å². The summed E-state index contributed by atoms with van der Waals surface area (Å²) in [6, 6.07) is 10.9. The molecule has 0 radical (unpaired) electrons. The van der Waals surface area contributed by atoms with Crippen LogP contribution in [0.15, 0.2) is 30.3 Å². The first kappa shape index (κ1) is 14.2. The minimum absolute atomic E-state index is 1.18. The number of hydrogen-bond donors (Lipinski definition) is 0. The Morgan fingerprint density at radius 3 is 1.88 bits per heavy atom. The van der Waals surface area contributed by atoms with Crippen molar-refractivity contribution in [3.63, 3.8) is 0 Å². The first-order valence-corrected chi connectivity index (χ1v) is 7.07. The van der Waals surface area contributed by atoms with E-state index >= 15 is 0 Å². The Kier molecular flexibility index (Phi) is 6.28. The monoisotopic (exact) mass is 234 g/mol. The molecule has 1 heteroatoms. The first-order chi connectivity index (χ1) is 8.20. The van der Waals surface area contributed by atoms with Gasteiger partial charge in [-0.3, -0.25) is 0 Å². The fourth-order valence-corrected chi connectivity index (χ4v) is 2.37. The molecule has 0 aliphatic heterocycles. The third-order valence-electron chi connectivity index (χ3n) is 3.51. The average Bonchev–Trinajstić information content (AvgIpc) is 2.35. The maximum absolute atomic E-state index is 2.42. The summed E-state index contributed by atoms with van der Waals surface area (Å²) in [5.41, 5.74) is 1.47. The Hall–Kier alpha value is -0.820. The van der Waals surface area contributed by atoms with E-state index in [2.05, 4.69) is 51.2 Å². The van der Waals surface area contributed by atoms with Crippen LogP contribution < -0.4 is 0 Å². The highest BCUT2D eigenvalue weighted by molar-refractivity contribution is 5.13. The number of unbranched alkanes of at least 4 members (excludes halogenated alkanes) is 2. The molecule has 0 saturated carbocycles. The molecule has 17 heavy (non-hydrogen) atoms. The van der Waals surface area contributed by atoms with Gasteiger partial charge >= 0.3 is 0 Å². The highest BCUT2D eigenvalue weighted by Gasteiger charge is 2.20. The second-order valence-corrected chi connectivity index (χ2v) is 5.42. The van der Waals surface area contributed by atoms with Crippen molar-refractivity contribution in [1.82, 2.24) is 0 Å². The van der Waals surface area contributed by atoms with Crippen molar-refractivity contribution in [1.29, 1.82) is 0 Å². The summed E-state index contributed by atoms with van der Waals surface area (Å²) in [5.74, 6) is 0. The van der Waals surface area contributed by atoms with Crippen LogP contribution in [0.25, 0.3) is 0 Å². The quantitative estimate of drug-likeness (QED) is 0.590. The van der Waals surface area contributed by atoms with Gasteiger partial charge in [0, 0.05) is 5.56 Å². The average molecular weight is 234 g/mol. The zero-order valence-electron chi connectivity index (χ0n) is 11.8. The molecule has 0 unspecified atom stereocenters. The molecular formula is C16H28N+. The van der Waals surface area contributed by atoms with Crippen LogP contribution in [0.2, 0.25) is 0 Å². The predicted octanol–water partition coefficient (Wildman–Crippen LogP) is 4.23. The predicted molar refractivity (Wildman–Crippen MR) is 75.9 cm³/mol. The fourth-order valence-electron chi connectivity index (χ4n) is 2.37. The molecule has 0 saturated heterocycles. The molecule has 1 nitrogen and oxygen atoms in total. The Morgan fingerprint density at radius 2 is 1.41 bits per heavy atom. The van der Waals surface area contributed by atoms with E-state index in [0.717, 1.165) is 0 Å². The molecular weight excluding hydrogens is 206 g/mol. The maximum Gasteiger partial charge on any atom is 0.104 e. The smallest absolute Gasteiger partial charge is 0.104 e. The fraction of sp³-hybridized carbons (Fsp3) is 0.625. The number of benzene rings is 1. The lowest BCUT2D eigenvalue weighted by atomic mass is 10.1. The lowest BCUT2D eigenvalue weighted by molar-refractivity contribution is -0.923. The van der Waals surface area contributed by atoms with Crippen LogP contribution in [0.3, 0.4) is 0 Å². The molecule has 0 aromatic heterocycles. The van der Waals surface area contributed by atoms with Gasteiger partial charge in [-0.25, -0.2) is 0 Å². The zero-order chi connectivity index (χ0) is 12.6. The molecule has 0 atom stereocenters. The van der Waals surface area contributed by atoms with Crippen LogP contribution in [0.5, 0.6) is 0 Å². The molecule has 96 valence electrons. The summed E-state index contributed by atoms with van der Waals surface area (Å²) < 4.78 is 1.20. The highest BCUT2D eigenvalue weighted by atomic mass is 15.3. The lowest BCUT2D eigenvalue weighted by Gasteiger charge is -2.35. The zero-order valence-corrected chi connectivity index (χ0v) is 11.8. The summed E-state index contributed by atoms with van der Waals surface area (Å²) >= 11 is 0. The molecule has 0 aliphatic rings. The van der Waals surface area contributed by atoms with Gasteiger partial charge in [0.2, 0.25) is 0 Å². The Morgan fingerprint density at radius 1 is 0.882 bits per heavy atom. The van der Waals surface area contributed by atoms with Crippen molar-refractivity contribution in [3.8, 4) is 0 Å². The normalized spacial score (nSPS) is 11.7. The van der Waals surface area contributed by atoms with E-state index in [1.165, 1.54) is 55.4 Å². The molecule has 0 amide bonds. The Labute approximate surface area is 107 Å². The molecule has 0 fully saturated rings. The lowest BCUT2D eigenvalue weighted by Crippen LogP contribution is -2.44. The second-order valence-electron chi connectivity index (χ2n) is 5.42. The standard InChI is InChI=1S/C16H28N/c1-4-6-13-17(3,14-7-5-2)15-16-11-9-8-10-12-16/h8-12H,4-7,13-15H2,1-3H3/q+1. The highest BCUT2D eigenvalue weighted by Crippen LogP contribution is 2.15. The molecule has 0 N–H and O–H groups in total. The van der Waals surface area contributed by atoms with Gasteiger partial charge in [0.15, 0.2) is 0 Å². The van der Waals surface area contributed by atoms with Crippen LogP contribution in [-0.4, -0.2) is 24.6 Å². The third-order valence-corrected chi connectivity index (χ3v) is 3.51. The largest absolute Gasteiger partial charge is 0.322 e. The number of hydrogen-bond acceptors (Lipinski definition) is 0. The van der Waals surface area contributed by atoms with Crippen molar-refractivity contribution in [2.24, 2.45) is 0 Å². The third kappa shape index (κ3) is 5.36. The summed E-state index contributed by atoms with van der Waals surface area (Å²) in [4.78, 5) is 0. The molecule has 0 bridgehead atoms. The summed E-state index contributed by atoms with van der Waals surface area (Å²) in [6.07, 6.45) is 5.28. The van der Waals surface area contributed by atoms with Gasteiger partial charge in [0.1, 0.15) is 6.54 Å². The van der Waals surface area contributed by atoms with E-state index in [0.29, 0.717) is 0 Å². The van der Waals surface area contributed by atoms with Crippen molar-refractivity contribution < 1.29 is 4.48 Å². The number of nitrogens with zero attached hydrogens (tertiary/aromatic N) is 1. The van der Waals surface area contributed by atoms with E-state index in [-0.39, 0.29) is 0 Å². The van der Waals surface area contributed by atoms with Crippen LogP contribution in [0.1, 0.15) is 45.1 Å². The van der Waals surface area contributed by atoms with Gasteiger partial charge in [0.25, 0.3) is 0 Å². The van der Waals surface area contributed by atoms with E-state index in [1.54, 1.807) is 0 Å². The van der Waals surface area contributed by atoms with Gasteiger partial charge in [-0.2, -0.15) is 0 Å². The van der Waals surface area contributed by atoms with E-state index in [4.69, 9.17) is 0 Å². The van der Waals surface area contributed by atoms with Crippen molar-refractivity contribution in [2.75, 3.05) is 20.1 Å². The summed E-state index contributed by atoms with van der Waals surface area (Å²) in [6.45, 7) is 8.37. The molecule has 0 spiro atoms. The Bertz CT molecular complexity index is 284. The van der Waals surface area contributed by atoms with Crippen LogP contribution >= 0.6 is 0 Å². The van der Waals surface area contributed by atoms with Crippen molar-refractivity contribution >= 4 is 0 Å². The van der Waals surface area contributed by atoms with Gasteiger partial charge in [0.05, 0.1) is 20.1 Å². The summed E-state index contributed by atoms with van der Waals surface area (Å²) in [5, 5.41) is 0. The van der Waals surface area contributed by atoms with Gasteiger partial charge < -0.3 is 4.48 Å². The maximum atomic E-state index is 2.42. The van der Waals surface area contributed by atoms with Crippen molar-refractivity contribution in [2.45, 2.75) is 46.1 Å². The van der Waals surface area contributed by atoms with Crippen LogP contribution in [-0.2, 0) is 6.54 Å². The molecule has 0 aliphatic carbocycles. The minimum Gasteiger partial charge on any atom is -0.322 e. The second kappa shape index (κ2) is 7.50. The molecule has 1 rings (SSSR count). The summed E-state index contributed by atoms with van der Waals surface area (Å²) in [7, 11) is 2.42. The van der Waals surface area contributed by atoms with Crippen molar-refractivity contribution in [3.05, 3.63) is 35.9 Å². The molecule has 1 aromatic carbocycles. The van der Waals surface area contributed by atoms with E-state index in [9.17, 15) is 0 Å². The minimum atomic E-state index is 1.18. The van der Waals surface area contributed by atoms with E-state index < -0.39 is 0 Å².